The van der Waals surface area contributed by atoms with Crippen molar-refractivity contribution in [3.8, 4) is 6.07 Å². The summed E-state index contributed by atoms with van der Waals surface area (Å²) < 4.78 is 14.8. The number of rotatable bonds is 3. The molecule has 1 heterocycles. The second kappa shape index (κ2) is 9.54. The first-order valence-corrected chi connectivity index (χ1v) is 6.78. The molecule has 1 saturated heterocycles. The van der Waals surface area contributed by atoms with Gasteiger partial charge in [0.2, 0.25) is 0 Å². The predicted molar refractivity (Wildman–Crippen MR) is 86.0 cm³/mol. The fourth-order valence-electron chi connectivity index (χ4n) is 2.29. The van der Waals surface area contributed by atoms with E-state index < -0.39 is 0 Å². The number of nitrogens with one attached hydrogen (secondary N) is 1. The fourth-order valence-corrected chi connectivity index (χ4v) is 2.66. The van der Waals surface area contributed by atoms with Crippen molar-refractivity contribution in [3.05, 3.63) is 34.1 Å². The maximum Gasteiger partial charge on any atom is 0.128 e. The average Bonchev–Trinajstić information content (AvgIpc) is 2.40. The van der Waals surface area contributed by atoms with E-state index in [4.69, 9.17) is 5.26 Å². The van der Waals surface area contributed by atoms with Gasteiger partial charge in [0, 0.05) is 36.2 Å². The van der Waals surface area contributed by atoms with Gasteiger partial charge in [-0.05, 0) is 18.2 Å². The van der Waals surface area contributed by atoms with Crippen LogP contribution in [0.25, 0.3) is 0 Å². The monoisotopic (exact) mass is 383 g/mol. The SMILES string of the molecule is Cl.Cl.N#CC[C@H](c1cc(Br)ccc1F)N1CCNCC1. The zero-order chi connectivity index (χ0) is 13.0. The van der Waals surface area contributed by atoms with E-state index in [9.17, 15) is 4.39 Å². The van der Waals surface area contributed by atoms with Gasteiger partial charge in [-0.2, -0.15) is 5.26 Å². The third kappa shape index (κ3) is 4.87. The van der Waals surface area contributed by atoms with E-state index in [2.05, 4.69) is 32.2 Å². The lowest BCUT2D eigenvalue weighted by Gasteiger charge is -2.34. The zero-order valence-corrected chi connectivity index (χ0v) is 14.0. The molecule has 0 spiro atoms. The molecule has 1 aliphatic heterocycles. The molecule has 0 radical (unpaired) electrons. The zero-order valence-electron chi connectivity index (χ0n) is 10.8. The van der Waals surface area contributed by atoms with Crippen molar-refractivity contribution >= 4 is 40.7 Å². The first kappa shape index (κ1) is 19.6. The molecule has 20 heavy (non-hydrogen) atoms. The molecule has 0 saturated carbocycles. The summed E-state index contributed by atoms with van der Waals surface area (Å²) in [6.07, 6.45) is 0.313. The number of piperazine rings is 1. The lowest BCUT2D eigenvalue weighted by Crippen LogP contribution is -2.45. The summed E-state index contributed by atoms with van der Waals surface area (Å²) in [7, 11) is 0. The van der Waals surface area contributed by atoms with Crippen LogP contribution in [-0.4, -0.2) is 31.1 Å². The summed E-state index contributed by atoms with van der Waals surface area (Å²) in [5, 5.41) is 12.2. The topological polar surface area (TPSA) is 39.1 Å². The first-order valence-electron chi connectivity index (χ1n) is 5.99. The van der Waals surface area contributed by atoms with Crippen molar-refractivity contribution in [2.45, 2.75) is 12.5 Å². The Bertz CT molecular complexity index is 461. The molecule has 7 heteroatoms. The standard InChI is InChI=1S/C13H15BrFN3.2ClH/c14-10-1-2-12(15)11(9-10)13(3-4-16)18-7-5-17-6-8-18;;/h1-2,9,13,17H,3,5-8H2;2*1H/t13-;;/m1../s1. The number of hydrogen-bond donors (Lipinski definition) is 1. The van der Waals surface area contributed by atoms with Crippen molar-refractivity contribution in [2.24, 2.45) is 0 Å². The first-order chi connectivity index (χ1) is 8.72. The van der Waals surface area contributed by atoms with Gasteiger partial charge >= 0.3 is 0 Å². The lowest BCUT2D eigenvalue weighted by molar-refractivity contribution is 0.172. The molecule has 0 unspecified atom stereocenters. The summed E-state index contributed by atoms with van der Waals surface area (Å²) in [4.78, 5) is 2.17. The van der Waals surface area contributed by atoms with Crippen molar-refractivity contribution < 1.29 is 4.39 Å². The molecule has 2 rings (SSSR count). The number of halogens is 4. The fraction of sp³-hybridized carbons (Fsp3) is 0.462. The Labute approximate surface area is 139 Å². The molecule has 0 aliphatic carbocycles. The normalized spacial score (nSPS) is 16.4. The number of hydrogen-bond acceptors (Lipinski definition) is 3. The minimum atomic E-state index is -0.239. The lowest BCUT2D eigenvalue weighted by atomic mass is 10.0. The summed E-state index contributed by atoms with van der Waals surface area (Å²) >= 11 is 3.36. The molecule has 3 nitrogen and oxygen atoms in total. The Balaban J connectivity index is 0.00000180. The van der Waals surface area contributed by atoms with Crippen LogP contribution >= 0.6 is 40.7 Å². The highest BCUT2D eigenvalue weighted by Gasteiger charge is 2.24. The van der Waals surface area contributed by atoms with E-state index in [-0.39, 0.29) is 36.7 Å². The number of nitrogens with zero attached hydrogens (tertiary/aromatic N) is 2. The van der Waals surface area contributed by atoms with Gasteiger partial charge in [-0.15, -0.1) is 24.8 Å². The van der Waals surface area contributed by atoms with Crippen LogP contribution in [0.4, 0.5) is 4.39 Å². The largest absolute Gasteiger partial charge is 0.314 e. The number of nitriles is 1. The Kier molecular flexibility index (Phi) is 9.36. The molecule has 112 valence electrons. The van der Waals surface area contributed by atoms with Gasteiger partial charge in [0.25, 0.3) is 0 Å². The molecule has 0 aromatic heterocycles. The Morgan fingerprint density at radius 2 is 2.00 bits per heavy atom. The van der Waals surface area contributed by atoms with Gasteiger partial charge in [0.05, 0.1) is 18.5 Å². The maximum atomic E-state index is 13.9. The minimum absolute atomic E-state index is 0. The van der Waals surface area contributed by atoms with Crippen LogP contribution in [0.1, 0.15) is 18.0 Å². The van der Waals surface area contributed by atoms with Crippen LogP contribution < -0.4 is 5.32 Å². The highest BCUT2D eigenvalue weighted by atomic mass is 79.9. The average molecular weight is 385 g/mol. The Morgan fingerprint density at radius 1 is 1.35 bits per heavy atom. The van der Waals surface area contributed by atoms with Gasteiger partial charge in [0.1, 0.15) is 5.82 Å². The maximum absolute atomic E-state index is 13.9. The van der Waals surface area contributed by atoms with E-state index >= 15 is 0 Å². The van der Waals surface area contributed by atoms with Crippen LogP contribution in [0.5, 0.6) is 0 Å². The van der Waals surface area contributed by atoms with Gasteiger partial charge in [-0.1, -0.05) is 15.9 Å². The van der Waals surface area contributed by atoms with E-state index in [1.165, 1.54) is 6.07 Å². The third-order valence-electron chi connectivity index (χ3n) is 3.19. The van der Waals surface area contributed by atoms with E-state index in [1.54, 1.807) is 12.1 Å². The molecule has 1 N–H and O–H groups in total. The summed E-state index contributed by atoms with van der Waals surface area (Å²) in [5.74, 6) is -0.239. The van der Waals surface area contributed by atoms with Crippen LogP contribution in [0.3, 0.4) is 0 Å². The van der Waals surface area contributed by atoms with E-state index in [0.29, 0.717) is 12.0 Å². The van der Waals surface area contributed by atoms with Crippen LogP contribution in [0.2, 0.25) is 0 Å². The summed E-state index contributed by atoms with van der Waals surface area (Å²) in [5.41, 5.74) is 0.604. The molecular weight excluding hydrogens is 368 g/mol. The molecule has 1 aromatic rings. The van der Waals surface area contributed by atoms with Gasteiger partial charge in [0.15, 0.2) is 0 Å². The Hall–Kier alpha value is -0.380. The van der Waals surface area contributed by atoms with Crippen molar-refractivity contribution in [2.75, 3.05) is 26.2 Å². The van der Waals surface area contributed by atoms with Crippen molar-refractivity contribution in [1.82, 2.24) is 10.2 Å². The quantitative estimate of drug-likeness (QED) is 0.868. The molecule has 1 aliphatic rings. The molecule has 0 amide bonds. The van der Waals surface area contributed by atoms with Crippen LogP contribution in [0, 0.1) is 17.1 Å². The highest BCUT2D eigenvalue weighted by molar-refractivity contribution is 9.10. The van der Waals surface area contributed by atoms with E-state index in [0.717, 1.165) is 30.7 Å². The van der Waals surface area contributed by atoms with Gasteiger partial charge < -0.3 is 5.32 Å². The molecular formula is C13H17BrCl2FN3. The van der Waals surface area contributed by atoms with Crippen molar-refractivity contribution in [1.29, 1.82) is 5.26 Å². The molecule has 0 bridgehead atoms. The summed E-state index contributed by atoms with van der Waals surface area (Å²) in [6.45, 7) is 3.46. The van der Waals surface area contributed by atoms with E-state index in [1.807, 2.05) is 0 Å². The molecule has 1 fully saturated rings. The minimum Gasteiger partial charge on any atom is -0.314 e. The second-order valence-electron chi connectivity index (χ2n) is 4.33. The number of benzene rings is 1. The molecule has 1 aromatic carbocycles. The third-order valence-corrected chi connectivity index (χ3v) is 3.69. The second-order valence-corrected chi connectivity index (χ2v) is 5.25. The predicted octanol–water partition coefficient (Wildman–Crippen LogP) is 3.29. The van der Waals surface area contributed by atoms with Crippen LogP contribution in [-0.2, 0) is 0 Å². The van der Waals surface area contributed by atoms with Gasteiger partial charge in [-0.25, -0.2) is 4.39 Å². The van der Waals surface area contributed by atoms with Crippen LogP contribution in [0.15, 0.2) is 22.7 Å². The highest BCUT2D eigenvalue weighted by Crippen LogP contribution is 2.29. The van der Waals surface area contributed by atoms with Crippen molar-refractivity contribution in [3.63, 3.8) is 0 Å². The van der Waals surface area contributed by atoms with Gasteiger partial charge in [-0.3, -0.25) is 4.90 Å². The molecule has 1 atom stereocenters. The summed E-state index contributed by atoms with van der Waals surface area (Å²) in [6, 6.07) is 6.92. The smallest absolute Gasteiger partial charge is 0.128 e. The Morgan fingerprint density at radius 3 is 2.60 bits per heavy atom.